The number of ether oxygens (including phenoxy) is 1. The molecule has 0 aliphatic heterocycles. The van der Waals surface area contributed by atoms with Crippen LogP contribution in [0, 0.1) is 27.2 Å². The zero-order chi connectivity index (χ0) is 42.3. The quantitative estimate of drug-likeness (QED) is 0.0481. The molecule has 0 bridgehead atoms. The minimum absolute atomic E-state index is 0.0819. The molecule has 3 aromatic carbocycles. The highest BCUT2D eigenvalue weighted by Crippen LogP contribution is 2.36. The monoisotopic (exact) mass is 819 g/mol. The Balaban J connectivity index is 0.000000184. The van der Waals surface area contributed by atoms with Crippen molar-refractivity contribution in [3.05, 3.63) is 153 Å². The van der Waals surface area contributed by atoms with Crippen LogP contribution < -0.4 is 4.74 Å². The van der Waals surface area contributed by atoms with E-state index in [0.717, 1.165) is 30.5 Å². The lowest BCUT2D eigenvalue weighted by Gasteiger charge is -2.17. The molecule has 0 radical (unpaired) electrons. The number of hydrogen-bond donors (Lipinski definition) is 2. The maximum absolute atomic E-state index is 10.9. The molecule has 0 atom stereocenters. The van der Waals surface area contributed by atoms with Gasteiger partial charge in [-0.2, -0.15) is 0 Å². The zero-order valence-electron chi connectivity index (χ0n) is 33.3. The lowest BCUT2D eigenvalue weighted by atomic mass is 9.88. The highest BCUT2D eigenvalue weighted by Gasteiger charge is 2.23. The summed E-state index contributed by atoms with van der Waals surface area (Å²) < 4.78 is 8.81. The van der Waals surface area contributed by atoms with Gasteiger partial charge in [0.05, 0.1) is 12.9 Å². The van der Waals surface area contributed by atoms with Gasteiger partial charge in [0.15, 0.2) is 16.5 Å². The van der Waals surface area contributed by atoms with Crippen LogP contribution >= 0.6 is 11.8 Å². The Labute approximate surface area is 344 Å². The summed E-state index contributed by atoms with van der Waals surface area (Å²) in [5.74, 6) is 1.17. The number of fused-ring (bicyclic) bond motifs is 1. The molecule has 2 N–H and O–H groups in total. The van der Waals surface area contributed by atoms with Crippen molar-refractivity contribution in [1.29, 1.82) is 0 Å². The minimum atomic E-state index is -0.520. The van der Waals surface area contributed by atoms with E-state index in [0.29, 0.717) is 33.6 Å². The molecule has 0 unspecified atom stereocenters. The molecule has 0 aliphatic rings. The van der Waals surface area contributed by atoms with E-state index in [1.807, 2.05) is 0 Å². The molecular formula is C41H45N11O6S. The van der Waals surface area contributed by atoms with E-state index >= 15 is 0 Å². The maximum atomic E-state index is 10.9. The third-order valence-electron chi connectivity index (χ3n) is 8.75. The summed E-state index contributed by atoms with van der Waals surface area (Å²) in [4.78, 5) is 44.9. The lowest BCUT2D eigenvalue weighted by Crippen LogP contribution is -2.19. The highest BCUT2D eigenvalue weighted by molar-refractivity contribution is 7.99. The van der Waals surface area contributed by atoms with Crippen LogP contribution in [0.3, 0.4) is 0 Å². The topological polar surface area (TPSA) is 209 Å². The molecule has 18 heteroatoms. The van der Waals surface area contributed by atoms with Gasteiger partial charge in [-0.1, -0.05) is 79.7 Å². The van der Waals surface area contributed by atoms with Crippen molar-refractivity contribution >= 4 is 45.7 Å². The number of H-pyrrole nitrogens is 1. The van der Waals surface area contributed by atoms with Gasteiger partial charge in [0, 0.05) is 20.5 Å². The number of aromatic amines is 1. The van der Waals surface area contributed by atoms with E-state index in [9.17, 15) is 20.2 Å². The van der Waals surface area contributed by atoms with Gasteiger partial charge in [0.25, 0.3) is 0 Å². The Morgan fingerprint density at radius 3 is 2.15 bits per heavy atom. The normalized spacial score (nSPS) is 11.3. The van der Waals surface area contributed by atoms with Crippen molar-refractivity contribution in [1.82, 2.24) is 43.9 Å². The van der Waals surface area contributed by atoms with Crippen molar-refractivity contribution in [3.8, 4) is 5.75 Å². The van der Waals surface area contributed by atoms with Crippen LogP contribution in [-0.4, -0.2) is 92.7 Å². The Morgan fingerprint density at radius 2 is 1.54 bits per heavy atom. The summed E-state index contributed by atoms with van der Waals surface area (Å²) >= 11 is 1.15. The van der Waals surface area contributed by atoms with Crippen LogP contribution in [0.1, 0.15) is 35.9 Å². The number of imidazole rings is 3. The largest absolute Gasteiger partial charge is 0.492 e. The number of aliphatic hydroxyl groups excluding tert-OH is 1. The van der Waals surface area contributed by atoms with Crippen LogP contribution in [0.5, 0.6) is 5.75 Å². The summed E-state index contributed by atoms with van der Waals surface area (Å²) in [6.07, 6.45) is 6.42. The van der Waals surface area contributed by atoms with Crippen molar-refractivity contribution in [2.24, 2.45) is 7.05 Å². The SMILES string of the molecule is CC/C(=C(\c1ccccc1)c1ccc(OCCN(C)C)cc1)c1ccccc1.Cc1ncc([N+](=O)[O-])n1CCO.Cn1cnc([N+](=O)[O-])c1Sc1ncnc2nc[nH]c12. The number of nitro groups is 2. The van der Waals surface area contributed by atoms with Crippen LogP contribution in [-0.2, 0) is 13.6 Å². The molecule has 0 aliphatic carbocycles. The first kappa shape index (κ1) is 43.4. The fourth-order valence-electron chi connectivity index (χ4n) is 5.89. The predicted octanol–water partition coefficient (Wildman–Crippen LogP) is 7.23. The number of aliphatic hydroxyl groups is 1. The minimum Gasteiger partial charge on any atom is -0.492 e. The van der Waals surface area contributed by atoms with E-state index in [1.165, 1.54) is 57.6 Å². The van der Waals surface area contributed by atoms with Gasteiger partial charge in [-0.05, 0) is 87.1 Å². The van der Waals surface area contributed by atoms with E-state index in [2.05, 4.69) is 141 Å². The smallest absolute Gasteiger partial charge is 0.396 e. The molecule has 7 rings (SSSR count). The van der Waals surface area contributed by atoms with Crippen molar-refractivity contribution < 1.29 is 19.7 Å². The van der Waals surface area contributed by atoms with E-state index in [-0.39, 0.29) is 24.8 Å². The van der Waals surface area contributed by atoms with Gasteiger partial charge in [-0.15, -0.1) is 0 Å². The third kappa shape index (κ3) is 11.4. The van der Waals surface area contributed by atoms with Gasteiger partial charge in [-0.25, -0.2) is 24.5 Å². The first-order chi connectivity index (χ1) is 28.5. The number of nitrogens with zero attached hydrogens (tertiary/aromatic N) is 10. The Hall–Kier alpha value is -6.76. The van der Waals surface area contributed by atoms with Crippen LogP contribution in [0.15, 0.2) is 120 Å². The second kappa shape index (κ2) is 21.1. The average molecular weight is 820 g/mol. The molecule has 4 aromatic heterocycles. The molecule has 0 amide bonds. The number of rotatable bonds is 14. The number of aryl methyl sites for hydroxylation is 2. The molecule has 0 saturated heterocycles. The molecular weight excluding hydrogens is 775 g/mol. The Kier molecular flexibility index (Phi) is 15.5. The fourth-order valence-corrected chi connectivity index (χ4v) is 6.83. The van der Waals surface area contributed by atoms with Gasteiger partial charge in [-0.3, -0.25) is 0 Å². The number of hydrogen-bond acceptors (Lipinski definition) is 13. The first-order valence-electron chi connectivity index (χ1n) is 18.5. The summed E-state index contributed by atoms with van der Waals surface area (Å²) in [5, 5.41) is 30.8. The number of benzene rings is 3. The summed E-state index contributed by atoms with van der Waals surface area (Å²) in [6.45, 7) is 5.57. The highest BCUT2D eigenvalue weighted by atomic mass is 32.2. The zero-order valence-corrected chi connectivity index (χ0v) is 34.1. The van der Waals surface area contributed by atoms with Crippen LogP contribution in [0.25, 0.3) is 22.3 Å². The van der Waals surface area contributed by atoms with E-state index in [4.69, 9.17) is 9.84 Å². The van der Waals surface area contributed by atoms with Gasteiger partial charge < -0.3 is 44.5 Å². The van der Waals surface area contributed by atoms with Crippen molar-refractivity contribution in [2.45, 2.75) is 36.9 Å². The summed E-state index contributed by atoms with van der Waals surface area (Å²) in [6, 6.07) is 29.8. The van der Waals surface area contributed by atoms with Crippen molar-refractivity contribution in [2.75, 3.05) is 33.9 Å². The van der Waals surface area contributed by atoms with Gasteiger partial charge >= 0.3 is 11.6 Å². The van der Waals surface area contributed by atoms with Crippen LogP contribution in [0.2, 0.25) is 0 Å². The molecule has 0 saturated carbocycles. The molecule has 306 valence electrons. The molecule has 0 fully saturated rings. The van der Waals surface area contributed by atoms with E-state index in [1.54, 1.807) is 18.5 Å². The molecule has 59 heavy (non-hydrogen) atoms. The van der Waals surface area contributed by atoms with E-state index < -0.39 is 9.85 Å². The molecule has 4 heterocycles. The number of allylic oxidation sites excluding steroid dienone is 1. The fraction of sp³-hybridized carbons (Fsp3) is 0.244. The Morgan fingerprint density at radius 1 is 0.881 bits per heavy atom. The van der Waals surface area contributed by atoms with Gasteiger partial charge in [0.2, 0.25) is 6.33 Å². The Bertz CT molecular complexity index is 2470. The average Bonchev–Trinajstić information content (AvgIpc) is 3.97. The number of likely N-dealkylation sites (N-methyl/N-ethyl adjacent to an activating group) is 1. The standard InChI is InChI=1S/C26H29NO.C9H7N7O2S.C6H9N3O3/c1-4-25(21-11-7-5-8-12-21)26(22-13-9-6-10-14-22)23-15-17-24(18-16-23)28-20-19-27(2)3;1-15-4-14-7(16(17)18)9(15)19-8-5-6(11-2-10-5)12-3-13-8;1-5-7-4-6(9(11)12)8(5)2-3-10/h5-18H,4,19-20H2,1-3H3;2-4H,1H3,(H,10,11,12,13);4,10H,2-3H2,1H3/b26-25-;;. The third-order valence-corrected chi connectivity index (χ3v) is 9.92. The van der Waals surface area contributed by atoms with Crippen molar-refractivity contribution in [3.63, 3.8) is 0 Å². The molecule has 0 spiro atoms. The first-order valence-corrected chi connectivity index (χ1v) is 19.3. The molecule has 17 nitrogen and oxygen atoms in total. The predicted molar refractivity (Wildman–Crippen MR) is 226 cm³/mol. The van der Waals surface area contributed by atoms with Gasteiger partial charge in [0.1, 0.15) is 42.0 Å². The second-order valence-corrected chi connectivity index (χ2v) is 14.0. The van der Waals surface area contributed by atoms with Crippen LogP contribution in [0.4, 0.5) is 11.6 Å². The lowest BCUT2D eigenvalue weighted by molar-refractivity contribution is -0.392. The second-order valence-electron chi connectivity index (χ2n) is 13.0. The molecule has 7 aromatic rings. The number of aromatic nitrogens is 8. The number of nitrogens with one attached hydrogen (secondary N) is 1. The summed E-state index contributed by atoms with van der Waals surface area (Å²) in [5.41, 5.74) is 7.53. The summed E-state index contributed by atoms with van der Waals surface area (Å²) in [7, 11) is 5.80. The maximum Gasteiger partial charge on any atom is 0.396 e.